The Morgan fingerprint density at radius 3 is 2.57 bits per heavy atom. The Morgan fingerprint density at radius 2 is 1.95 bits per heavy atom. The van der Waals surface area contributed by atoms with Gasteiger partial charge in [-0.1, -0.05) is 18.2 Å². The van der Waals surface area contributed by atoms with E-state index in [1.54, 1.807) is 0 Å². The van der Waals surface area contributed by atoms with E-state index >= 15 is 0 Å². The van der Waals surface area contributed by atoms with Crippen LogP contribution in [-0.2, 0) is 15.4 Å². The molecule has 2 heterocycles. The summed E-state index contributed by atoms with van der Waals surface area (Å²) in [5.74, 6) is 0. The van der Waals surface area contributed by atoms with Gasteiger partial charge in [0.1, 0.15) is 0 Å². The van der Waals surface area contributed by atoms with E-state index in [1.165, 1.54) is 10.6 Å². The number of hydrogen-bond acceptors (Lipinski definition) is 3. The number of nitrogens with one attached hydrogen (secondary N) is 1. The second-order valence-electron chi connectivity index (χ2n) is 5.85. The van der Waals surface area contributed by atoms with E-state index in [1.807, 2.05) is 30.5 Å². The van der Waals surface area contributed by atoms with E-state index < -0.39 is 10.0 Å². The molecule has 0 bridgehead atoms. The highest BCUT2D eigenvalue weighted by atomic mass is 32.2. The summed E-state index contributed by atoms with van der Waals surface area (Å²) in [4.78, 5) is 3.24. The smallest absolute Gasteiger partial charge is 0.211 e. The van der Waals surface area contributed by atoms with Crippen LogP contribution in [0.2, 0.25) is 0 Å². The van der Waals surface area contributed by atoms with Crippen LogP contribution >= 0.6 is 0 Å². The van der Waals surface area contributed by atoms with Gasteiger partial charge in [0.05, 0.1) is 12.9 Å². The van der Waals surface area contributed by atoms with Crippen LogP contribution in [0.15, 0.2) is 30.5 Å². The maximum atomic E-state index is 11.6. The lowest BCUT2D eigenvalue weighted by molar-refractivity contribution is 0.135. The minimum Gasteiger partial charge on any atom is -0.395 e. The largest absolute Gasteiger partial charge is 0.395 e. The van der Waals surface area contributed by atoms with Crippen molar-refractivity contribution >= 4 is 20.9 Å². The third-order valence-corrected chi connectivity index (χ3v) is 5.91. The topological polar surface area (TPSA) is 73.4 Å². The average molecular weight is 308 g/mol. The van der Waals surface area contributed by atoms with Crippen LogP contribution in [0.3, 0.4) is 0 Å². The Balaban J connectivity index is 1.96. The summed E-state index contributed by atoms with van der Waals surface area (Å²) in [6, 6.07) is 8.01. The van der Waals surface area contributed by atoms with Crippen molar-refractivity contribution in [2.75, 3.05) is 26.0 Å². The molecule has 0 aliphatic carbocycles. The van der Waals surface area contributed by atoms with Crippen molar-refractivity contribution in [3.63, 3.8) is 0 Å². The lowest BCUT2D eigenvalue weighted by atomic mass is 9.74. The molecule has 21 heavy (non-hydrogen) atoms. The number of nitrogens with zero attached hydrogens (tertiary/aromatic N) is 1. The van der Waals surface area contributed by atoms with E-state index in [2.05, 4.69) is 4.98 Å². The lowest BCUT2D eigenvalue weighted by Gasteiger charge is -2.39. The molecule has 1 aliphatic rings. The van der Waals surface area contributed by atoms with Gasteiger partial charge in [0.15, 0.2) is 0 Å². The first-order valence-corrected chi connectivity index (χ1v) is 8.94. The van der Waals surface area contributed by atoms with Crippen LogP contribution in [0, 0.1) is 0 Å². The van der Waals surface area contributed by atoms with Gasteiger partial charge in [0.2, 0.25) is 10.0 Å². The zero-order chi connectivity index (χ0) is 15.1. The normalized spacial score (nSPS) is 19.9. The standard InChI is InChI=1S/C15H20N2O3S/c1-21(19,20)17-8-6-15(11-18,7-9-17)13-10-16-14-5-3-2-4-12(13)14/h2-5,10,16,18H,6-9,11H2,1H3. The molecule has 0 amide bonds. The van der Waals surface area contributed by atoms with Gasteiger partial charge in [-0.15, -0.1) is 0 Å². The summed E-state index contributed by atoms with van der Waals surface area (Å²) in [7, 11) is -3.15. The SMILES string of the molecule is CS(=O)(=O)N1CCC(CO)(c2c[nH]c3ccccc23)CC1. The van der Waals surface area contributed by atoms with Crippen molar-refractivity contribution in [3.8, 4) is 0 Å². The molecule has 0 unspecified atom stereocenters. The second-order valence-corrected chi connectivity index (χ2v) is 7.83. The molecule has 1 aromatic heterocycles. The number of para-hydroxylation sites is 1. The first-order chi connectivity index (χ1) is 9.96. The highest BCUT2D eigenvalue weighted by molar-refractivity contribution is 7.88. The molecule has 5 nitrogen and oxygen atoms in total. The molecular weight excluding hydrogens is 288 g/mol. The van der Waals surface area contributed by atoms with E-state index in [-0.39, 0.29) is 12.0 Å². The number of sulfonamides is 1. The van der Waals surface area contributed by atoms with Crippen LogP contribution in [-0.4, -0.2) is 48.8 Å². The van der Waals surface area contributed by atoms with Crippen LogP contribution in [0.25, 0.3) is 10.9 Å². The van der Waals surface area contributed by atoms with Gasteiger partial charge in [-0.3, -0.25) is 0 Å². The Hall–Kier alpha value is -1.37. The molecule has 1 aliphatic heterocycles. The van der Waals surface area contributed by atoms with E-state index in [9.17, 15) is 13.5 Å². The molecule has 0 atom stereocenters. The summed E-state index contributed by atoms with van der Waals surface area (Å²) < 4.78 is 24.8. The maximum absolute atomic E-state index is 11.6. The summed E-state index contributed by atoms with van der Waals surface area (Å²) in [5.41, 5.74) is 1.78. The van der Waals surface area contributed by atoms with Gasteiger partial charge in [-0.2, -0.15) is 0 Å². The predicted molar refractivity (Wildman–Crippen MR) is 82.7 cm³/mol. The Labute approximate surface area is 124 Å². The summed E-state index contributed by atoms with van der Waals surface area (Å²) >= 11 is 0. The number of piperidine rings is 1. The van der Waals surface area contributed by atoms with Gasteiger partial charge < -0.3 is 10.1 Å². The monoisotopic (exact) mass is 308 g/mol. The summed E-state index contributed by atoms with van der Waals surface area (Å²) in [6.07, 6.45) is 4.47. The molecule has 0 spiro atoms. The highest BCUT2D eigenvalue weighted by Gasteiger charge is 2.39. The third-order valence-electron chi connectivity index (χ3n) is 4.61. The number of fused-ring (bicyclic) bond motifs is 1. The molecule has 3 rings (SSSR count). The van der Waals surface area contributed by atoms with Crippen LogP contribution < -0.4 is 0 Å². The average Bonchev–Trinajstić information content (AvgIpc) is 2.91. The van der Waals surface area contributed by atoms with Gasteiger partial charge in [-0.25, -0.2) is 12.7 Å². The minimum atomic E-state index is -3.15. The second kappa shape index (κ2) is 5.12. The molecule has 1 fully saturated rings. The van der Waals surface area contributed by atoms with Crippen LogP contribution in [0.5, 0.6) is 0 Å². The molecule has 1 saturated heterocycles. The van der Waals surface area contributed by atoms with Gasteiger partial charge in [-0.05, 0) is 24.5 Å². The number of aromatic amines is 1. The Kier molecular flexibility index (Phi) is 3.55. The number of benzene rings is 1. The van der Waals surface area contributed by atoms with Crippen molar-refractivity contribution in [2.24, 2.45) is 0 Å². The number of aromatic nitrogens is 1. The van der Waals surface area contributed by atoms with Crippen molar-refractivity contribution in [1.82, 2.24) is 9.29 Å². The summed E-state index contributed by atoms with van der Waals surface area (Å²) in [5, 5.41) is 11.1. The van der Waals surface area contributed by atoms with Crippen molar-refractivity contribution in [1.29, 1.82) is 0 Å². The third kappa shape index (κ3) is 2.47. The number of H-pyrrole nitrogens is 1. The summed E-state index contributed by atoms with van der Waals surface area (Å²) in [6.45, 7) is 0.949. The fourth-order valence-corrected chi connectivity index (χ4v) is 4.11. The van der Waals surface area contributed by atoms with E-state index in [4.69, 9.17) is 0 Å². The molecular formula is C15H20N2O3S. The maximum Gasteiger partial charge on any atom is 0.211 e. The van der Waals surface area contributed by atoms with Crippen LogP contribution in [0.1, 0.15) is 18.4 Å². The van der Waals surface area contributed by atoms with E-state index in [0.29, 0.717) is 25.9 Å². The minimum absolute atomic E-state index is 0.0342. The van der Waals surface area contributed by atoms with Crippen LogP contribution in [0.4, 0.5) is 0 Å². The fourth-order valence-electron chi connectivity index (χ4n) is 3.27. The van der Waals surface area contributed by atoms with Gasteiger partial charge >= 0.3 is 0 Å². The van der Waals surface area contributed by atoms with Crippen molar-refractivity contribution in [3.05, 3.63) is 36.0 Å². The molecule has 0 radical (unpaired) electrons. The zero-order valence-corrected chi connectivity index (χ0v) is 12.9. The zero-order valence-electron chi connectivity index (χ0n) is 12.0. The molecule has 2 aromatic rings. The predicted octanol–water partition coefficient (Wildman–Crippen LogP) is 1.45. The highest BCUT2D eigenvalue weighted by Crippen LogP contribution is 2.39. The Bertz CT molecular complexity index is 743. The fraction of sp³-hybridized carbons (Fsp3) is 0.467. The molecule has 0 saturated carbocycles. The number of rotatable bonds is 3. The quantitative estimate of drug-likeness (QED) is 0.901. The molecule has 114 valence electrons. The molecule has 1 aromatic carbocycles. The number of aliphatic hydroxyl groups is 1. The Morgan fingerprint density at radius 1 is 1.29 bits per heavy atom. The first kappa shape index (κ1) is 14.6. The van der Waals surface area contributed by atoms with Crippen molar-refractivity contribution < 1.29 is 13.5 Å². The first-order valence-electron chi connectivity index (χ1n) is 7.09. The van der Waals surface area contributed by atoms with Gasteiger partial charge in [0, 0.05) is 35.6 Å². The lowest BCUT2D eigenvalue weighted by Crippen LogP contribution is -2.46. The van der Waals surface area contributed by atoms with Gasteiger partial charge in [0.25, 0.3) is 0 Å². The van der Waals surface area contributed by atoms with E-state index in [0.717, 1.165) is 16.5 Å². The molecule has 6 heteroatoms. The van der Waals surface area contributed by atoms with Crippen molar-refractivity contribution in [2.45, 2.75) is 18.3 Å². The number of hydrogen-bond donors (Lipinski definition) is 2. The molecule has 2 N–H and O–H groups in total. The number of aliphatic hydroxyl groups excluding tert-OH is 1.